The lowest BCUT2D eigenvalue weighted by molar-refractivity contribution is -0.128. The predicted octanol–water partition coefficient (Wildman–Crippen LogP) is 0.702. The lowest BCUT2D eigenvalue weighted by atomic mass is 10.1. The summed E-state index contributed by atoms with van der Waals surface area (Å²) in [7, 11) is 0. The number of rotatable bonds is 5. The molecular weight excluding hydrogens is 258 g/mol. The fraction of sp³-hybridized carbons (Fsp3) is 0.533. The van der Waals surface area contributed by atoms with Crippen molar-refractivity contribution in [3.8, 4) is 5.75 Å². The van der Waals surface area contributed by atoms with Gasteiger partial charge in [0.1, 0.15) is 5.75 Å². The molecule has 4 unspecified atom stereocenters. The Balaban J connectivity index is 1.83. The first-order valence-electron chi connectivity index (χ1n) is 6.91. The van der Waals surface area contributed by atoms with Gasteiger partial charge in [0.2, 0.25) is 0 Å². The van der Waals surface area contributed by atoms with Crippen LogP contribution in [0.1, 0.15) is 19.8 Å². The number of benzene rings is 1. The molecule has 1 saturated carbocycles. The molecule has 4 atom stereocenters. The Hall–Kier alpha value is -1.59. The van der Waals surface area contributed by atoms with E-state index in [1.165, 1.54) is 0 Å². The van der Waals surface area contributed by atoms with E-state index < -0.39 is 12.2 Å². The van der Waals surface area contributed by atoms with E-state index in [0.717, 1.165) is 0 Å². The van der Waals surface area contributed by atoms with Crippen LogP contribution in [0, 0.1) is 5.92 Å². The molecule has 1 aliphatic rings. The van der Waals surface area contributed by atoms with E-state index in [9.17, 15) is 9.90 Å². The Kier molecular flexibility index (Phi) is 4.98. The molecule has 1 amide bonds. The second-order valence-electron chi connectivity index (χ2n) is 5.26. The van der Waals surface area contributed by atoms with E-state index in [1.54, 1.807) is 19.1 Å². The van der Waals surface area contributed by atoms with Crippen LogP contribution in [0.5, 0.6) is 5.75 Å². The fourth-order valence-electron chi connectivity index (χ4n) is 2.49. The van der Waals surface area contributed by atoms with Crippen molar-refractivity contribution in [3.63, 3.8) is 0 Å². The van der Waals surface area contributed by atoms with E-state index in [0.29, 0.717) is 18.6 Å². The van der Waals surface area contributed by atoms with Gasteiger partial charge in [-0.15, -0.1) is 0 Å². The molecule has 5 heteroatoms. The minimum absolute atomic E-state index is 0.0520. The highest BCUT2D eigenvalue weighted by atomic mass is 16.5. The molecular formula is C15H21NO4. The van der Waals surface area contributed by atoms with Crippen molar-refractivity contribution in [1.29, 1.82) is 0 Å². The summed E-state index contributed by atoms with van der Waals surface area (Å²) >= 11 is 0. The summed E-state index contributed by atoms with van der Waals surface area (Å²) in [6, 6.07) is 9.07. The number of aliphatic hydroxyl groups is 2. The normalized spacial score (nSPS) is 27.1. The highest BCUT2D eigenvalue weighted by molar-refractivity contribution is 5.81. The van der Waals surface area contributed by atoms with Crippen LogP contribution in [0.2, 0.25) is 0 Å². The number of ether oxygens (including phenoxy) is 1. The molecule has 0 saturated heterocycles. The van der Waals surface area contributed by atoms with Crippen molar-refractivity contribution in [1.82, 2.24) is 5.32 Å². The minimum atomic E-state index is -0.595. The topological polar surface area (TPSA) is 78.8 Å². The van der Waals surface area contributed by atoms with Crippen molar-refractivity contribution in [2.75, 3.05) is 6.61 Å². The van der Waals surface area contributed by atoms with E-state index in [4.69, 9.17) is 9.84 Å². The van der Waals surface area contributed by atoms with Crippen molar-refractivity contribution >= 4 is 5.91 Å². The van der Waals surface area contributed by atoms with Gasteiger partial charge in [0.15, 0.2) is 6.10 Å². The van der Waals surface area contributed by atoms with Crippen LogP contribution in [0.3, 0.4) is 0 Å². The third kappa shape index (κ3) is 3.71. The molecule has 1 fully saturated rings. The summed E-state index contributed by atoms with van der Waals surface area (Å²) in [5.41, 5.74) is 0. The number of carbonyl (C=O) groups is 1. The molecule has 1 aromatic carbocycles. The third-order valence-corrected chi connectivity index (χ3v) is 3.66. The van der Waals surface area contributed by atoms with Gasteiger partial charge >= 0.3 is 0 Å². The Morgan fingerprint density at radius 3 is 2.70 bits per heavy atom. The second-order valence-corrected chi connectivity index (χ2v) is 5.26. The maximum atomic E-state index is 12.0. The number of hydrogen-bond acceptors (Lipinski definition) is 4. The molecule has 110 valence electrons. The van der Waals surface area contributed by atoms with Crippen LogP contribution in [-0.2, 0) is 4.79 Å². The summed E-state index contributed by atoms with van der Waals surface area (Å²) < 4.78 is 5.54. The minimum Gasteiger partial charge on any atom is -0.481 e. The van der Waals surface area contributed by atoms with Crippen molar-refractivity contribution in [2.45, 2.75) is 38.0 Å². The molecule has 1 aliphatic carbocycles. The third-order valence-electron chi connectivity index (χ3n) is 3.66. The molecule has 0 spiro atoms. The van der Waals surface area contributed by atoms with Crippen molar-refractivity contribution in [2.24, 2.45) is 5.92 Å². The number of para-hydroxylation sites is 1. The standard InChI is InChI=1S/C15H21NO4/c1-10(20-13-5-3-2-4-6-13)15(19)16-12-7-11(9-17)14(18)8-12/h2-6,10-12,14,17-18H,7-9H2,1H3,(H,16,19). The van der Waals surface area contributed by atoms with Gasteiger partial charge in [0, 0.05) is 18.6 Å². The van der Waals surface area contributed by atoms with E-state index in [-0.39, 0.29) is 24.5 Å². The zero-order chi connectivity index (χ0) is 14.5. The van der Waals surface area contributed by atoms with Crippen molar-refractivity contribution < 1.29 is 19.7 Å². The van der Waals surface area contributed by atoms with Crippen molar-refractivity contribution in [3.05, 3.63) is 30.3 Å². The SMILES string of the molecule is CC(Oc1ccccc1)C(=O)NC1CC(O)C(CO)C1. The first-order valence-corrected chi connectivity index (χ1v) is 6.91. The molecule has 0 heterocycles. The monoisotopic (exact) mass is 279 g/mol. The highest BCUT2D eigenvalue weighted by Gasteiger charge is 2.34. The summed E-state index contributed by atoms with van der Waals surface area (Å²) in [6.45, 7) is 1.64. The highest BCUT2D eigenvalue weighted by Crippen LogP contribution is 2.25. The maximum absolute atomic E-state index is 12.0. The van der Waals surface area contributed by atoms with Gasteiger partial charge in [0.05, 0.1) is 6.10 Å². The molecule has 3 N–H and O–H groups in total. The Labute approximate surface area is 118 Å². The summed E-state index contributed by atoms with van der Waals surface area (Å²) in [4.78, 5) is 12.0. The number of hydrogen-bond donors (Lipinski definition) is 3. The largest absolute Gasteiger partial charge is 0.481 e. The predicted molar refractivity (Wildman–Crippen MR) is 74.3 cm³/mol. The first kappa shape index (κ1) is 14.8. The van der Waals surface area contributed by atoms with Crippen LogP contribution < -0.4 is 10.1 Å². The van der Waals surface area contributed by atoms with Crippen LogP contribution in [0.25, 0.3) is 0 Å². The first-order chi connectivity index (χ1) is 9.60. The Morgan fingerprint density at radius 1 is 1.40 bits per heavy atom. The zero-order valence-electron chi connectivity index (χ0n) is 11.5. The maximum Gasteiger partial charge on any atom is 0.260 e. The van der Waals surface area contributed by atoms with Crippen LogP contribution in [0.4, 0.5) is 0 Å². The average molecular weight is 279 g/mol. The van der Waals surface area contributed by atoms with E-state index in [1.807, 2.05) is 18.2 Å². The van der Waals surface area contributed by atoms with Gasteiger partial charge in [-0.3, -0.25) is 4.79 Å². The summed E-state index contributed by atoms with van der Waals surface area (Å²) in [6.07, 6.45) is -0.0606. The van der Waals surface area contributed by atoms with Gasteiger partial charge in [-0.1, -0.05) is 18.2 Å². The Bertz CT molecular complexity index is 437. The lowest BCUT2D eigenvalue weighted by Crippen LogP contribution is -2.41. The Morgan fingerprint density at radius 2 is 2.10 bits per heavy atom. The molecule has 1 aromatic rings. The molecule has 2 rings (SSSR count). The second kappa shape index (κ2) is 6.72. The number of aliphatic hydroxyl groups excluding tert-OH is 2. The fourth-order valence-corrected chi connectivity index (χ4v) is 2.49. The smallest absolute Gasteiger partial charge is 0.260 e. The van der Waals surface area contributed by atoms with Crippen LogP contribution >= 0.6 is 0 Å². The average Bonchev–Trinajstić information content (AvgIpc) is 2.79. The van der Waals surface area contributed by atoms with Gasteiger partial charge in [-0.05, 0) is 31.9 Å². The molecule has 0 aliphatic heterocycles. The molecule has 0 radical (unpaired) electrons. The van der Waals surface area contributed by atoms with Gasteiger partial charge in [-0.2, -0.15) is 0 Å². The van der Waals surface area contributed by atoms with Crippen LogP contribution in [0.15, 0.2) is 30.3 Å². The quantitative estimate of drug-likeness (QED) is 0.741. The van der Waals surface area contributed by atoms with E-state index in [2.05, 4.69) is 5.32 Å². The van der Waals surface area contributed by atoms with Gasteiger partial charge in [0.25, 0.3) is 5.91 Å². The molecule has 0 aromatic heterocycles. The number of carbonyl (C=O) groups excluding carboxylic acids is 1. The summed E-state index contributed by atoms with van der Waals surface area (Å²) in [5, 5.41) is 21.7. The number of nitrogens with one attached hydrogen (secondary N) is 1. The summed E-state index contributed by atoms with van der Waals surface area (Å²) in [5.74, 6) is 0.296. The van der Waals surface area contributed by atoms with E-state index >= 15 is 0 Å². The molecule has 0 bridgehead atoms. The lowest BCUT2D eigenvalue weighted by Gasteiger charge is -2.18. The zero-order valence-corrected chi connectivity index (χ0v) is 11.5. The molecule has 20 heavy (non-hydrogen) atoms. The molecule has 5 nitrogen and oxygen atoms in total. The van der Waals surface area contributed by atoms with Crippen LogP contribution in [-0.4, -0.2) is 41.0 Å². The van der Waals surface area contributed by atoms with Gasteiger partial charge in [-0.25, -0.2) is 0 Å². The van der Waals surface area contributed by atoms with Gasteiger partial charge < -0.3 is 20.3 Å². The number of amides is 1.